The standard InChI is InChI=1S/C12H12N2O5/c1-6-11(18)13-9(16)5-14(6)12(19)7-3-2-4-8(15)10(7)17/h2-4,6,15,17H,5H2,1H3,(H,13,16,18). The molecule has 100 valence electrons. The highest BCUT2D eigenvalue weighted by molar-refractivity contribution is 6.07. The summed E-state index contributed by atoms with van der Waals surface area (Å²) in [6.07, 6.45) is 0. The smallest absolute Gasteiger partial charge is 0.258 e. The Morgan fingerprint density at radius 2 is 2.05 bits per heavy atom. The molecule has 1 heterocycles. The first-order chi connectivity index (χ1) is 8.91. The number of hydrogen-bond donors (Lipinski definition) is 3. The molecule has 0 spiro atoms. The van der Waals surface area contributed by atoms with Crippen LogP contribution in [-0.4, -0.2) is 45.4 Å². The number of para-hydroxylation sites is 1. The summed E-state index contributed by atoms with van der Waals surface area (Å²) in [5.41, 5.74) is -0.158. The van der Waals surface area contributed by atoms with Gasteiger partial charge in [0.1, 0.15) is 12.6 Å². The van der Waals surface area contributed by atoms with Crippen molar-refractivity contribution in [2.24, 2.45) is 0 Å². The third kappa shape index (κ3) is 2.22. The lowest BCUT2D eigenvalue weighted by Crippen LogP contribution is -2.58. The van der Waals surface area contributed by atoms with E-state index in [4.69, 9.17) is 0 Å². The molecule has 1 aliphatic heterocycles. The Labute approximate surface area is 108 Å². The van der Waals surface area contributed by atoms with Crippen LogP contribution in [0.15, 0.2) is 18.2 Å². The molecule has 1 saturated heterocycles. The van der Waals surface area contributed by atoms with Crippen molar-refractivity contribution in [1.29, 1.82) is 0 Å². The van der Waals surface area contributed by atoms with E-state index in [9.17, 15) is 24.6 Å². The molecule has 7 nitrogen and oxygen atoms in total. The van der Waals surface area contributed by atoms with Crippen LogP contribution in [0.4, 0.5) is 0 Å². The van der Waals surface area contributed by atoms with Crippen LogP contribution in [-0.2, 0) is 9.59 Å². The van der Waals surface area contributed by atoms with Crippen molar-refractivity contribution in [3.8, 4) is 11.5 Å². The van der Waals surface area contributed by atoms with Gasteiger partial charge in [-0.15, -0.1) is 0 Å². The monoisotopic (exact) mass is 264 g/mol. The third-order valence-electron chi connectivity index (χ3n) is 2.93. The van der Waals surface area contributed by atoms with Crippen molar-refractivity contribution in [2.45, 2.75) is 13.0 Å². The molecule has 0 aliphatic carbocycles. The Hall–Kier alpha value is -2.57. The SMILES string of the molecule is CC1C(=O)NC(=O)CN1C(=O)c1cccc(O)c1O. The Kier molecular flexibility index (Phi) is 3.12. The summed E-state index contributed by atoms with van der Waals surface area (Å²) in [6, 6.07) is 3.09. The maximum atomic E-state index is 12.2. The minimum absolute atomic E-state index is 0.158. The lowest BCUT2D eigenvalue weighted by Gasteiger charge is -2.31. The van der Waals surface area contributed by atoms with Crippen LogP contribution < -0.4 is 5.32 Å². The summed E-state index contributed by atoms with van der Waals surface area (Å²) in [6.45, 7) is 1.19. The average molecular weight is 264 g/mol. The van der Waals surface area contributed by atoms with E-state index in [1.54, 1.807) is 0 Å². The van der Waals surface area contributed by atoms with Gasteiger partial charge in [0.25, 0.3) is 5.91 Å². The zero-order valence-electron chi connectivity index (χ0n) is 10.1. The highest BCUT2D eigenvalue weighted by atomic mass is 16.3. The normalized spacial score (nSPS) is 19.2. The summed E-state index contributed by atoms with van der Waals surface area (Å²) in [5, 5.41) is 21.1. The van der Waals surface area contributed by atoms with Crippen LogP contribution >= 0.6 is 0 Å². The fraction of sp³-hybridized carbons (Fsp3) is 0.250. The number of nitrogens with one attached hydrogen (secondary N) is 1. The molecular weight excluding hydrogens is 252 g/mol. The van der Waals surface area contributed by atoms with Gasteiger partial charge in [0.05, 0.1) is 5.56 Å². The molecule has 0 radical (unpaired) electrons. The van der Waals surface area contributed by atoms with Crippen LogP contribution in [0, 0.1) is 0 Å². The Morgan fingerprint density at radius 1 is 1.37 bits per heavy atom. The van der Waals surface area contributed by atoms with Gasteiger partial charge < -0.3 is 15.1 Å². The number of carbonyl (C=O) groups excluding carboxylic acids is 3. The van der Waals surface area contributed by atoms with Gasteiger partial charge in [-0.1, -0.05) is 6.07 Å². The zero-order valence-corrected chi connectivity index (χ0v) is 10.1. The first-order valence-electron chi connectivity index (χ1n) is 5.57. The number of hydrogen-bond acceptors (Lipinski definition) is 5. The maximum Gasteiger partial charge on any atom is 0.258 e. The van der Waals surface area contributed by atoms with Gasteiger partial charge in [-0.25, -0.2) is 0 Å². The second kappa shape index (κ2) is 4.60. The van der Waals surface area contributed by atoms with E-state index in [1.165, 1.54) is 25.1 Å². The van der Waals surface area contributed by atoms with Gasteiger partial charge in [-0.2, -0.15) is 0 Å². The van der Waals surface area contributed by atoms with E-state index in [1.807, 2.05) is 0 Å². The van der Waals surface area contributed by atoms with Crippen LogP contribution in [0.5, 0.6) is 11.5 Å². The quantitative estimate of drug-likeness (QED) is 0.472. The molecular formula is C12H12N2O5. The number of aromatic hydroxyl groups is 2. The molecule has 7 heteroatoms. The predicted octanol–water partition coefficient (Wildman–Crippen LogP) is -0.415. The lowest BCUT2D eigenvalue weighted by molar-refractivity contribution is -0.138. The molecule has 1 fully saturated rings. The molecule has 2 rings (SSSR count). The molecule has 1 unspecified atom stereocenters. The second-order valence-corrected chi connectivity index (χ2v) is 4.19. The van der Waals surface area contributed by atoms with E-state index in [-0.39, 0.29) is 12.1 Å². The number of rotatable bonds is 1. The second-order valence-electron chi connectivity index (χ2n) is 4.19. The van der Waals surface area contributed by atoms with Gasteiger partial charge in [0.15, 0.2) is 11.5 Å². The molecule has 0 bridgehead atoms. The number of benzene rings is 1. The molecule has 3 amide bonds. The van der Waals surface area contributed by atoms with Crippen molar-refractivity contribution in [3.63, 3.8) is 0 Å². The van der Waals surface area contributed by atoms with Crippen LogP contribution in [0.3, 0.4) is 0 Å². The number of phenols is 2. The molecule has 1 aromatic rings. The van der Waals surface area contributed by atoms with E-state index in [2.05, 4.69) is 5.32 Å². The van der Waals surface area contributed by atoms with Crippen molar-refractivity contribution >= 4 is 17.7 Å². The van der Waals surface area contributed by atoms with Crippen molar-refractivity contribution in [3.05, 3.63) is 23.8 Å². The summed E-state index contributed by atoms with van der Waals surface area (Å²) < 4.78 is 0. The van der Waals surface area contributed by atoms with Gasteiger partial charge >= 0.3 is 0 Å². The number of nitrogens with zero attached hydrogens (tertiary/aromatic N) is 1. The summed E-state index contributed by atoms with van der Waals surface area (Å²) in [5.74, 6) is -2.87. The van der Waals surface area contributed by atoms with Crippen molar-refractivity contribution in [1.82, 2.24) is 10.2 Å². The minimum atomic E-state index is -0.827. The van der Waals surface area contributed by atoms with Gasteiger partial charge in [-0.3, -0.25) is 19.7 Å². The highest BCUT2D eigenvalue weighted by Gasteiger charge is 2.35. The van der Waals surface area contributed by atoms with Gasteiger partial charge in [-0.05, 0) is 19.1 Å². The van der Waals surface area contributed by atoms with Crippen molar-refractivity contribution < 1.29 is 24.6 Å². The molecule has 0 aromatic heterocycles. The van der Waals surface area contributed by atoms with E-state index < -0.39 is 35.3 Å². The molecule has 1 aromatic carbocycles. The van der Waals surface area contributed by atoms with Crippen LogP contribution in [0.2, 0.25) is 0 Å². The Bertz CT molecular complexity index is 569. The summed E-state index contributed by atoms with van der Waals surface area (Å²) in [4.78, 5) is 36.0. The first kappa shape index (κ1) is 12.9. The van der Waals surface area contributed by atoms with Crippen molar-refractivity contribution in [2.75, 3.05) is 6.54 Å². The number of phenolic OH excluding ortho intramolecular Hbond substituents is 2. The topological polar surface area (TPSA) is 107 Å². The van der Waals surface area contributed by atoms with E-state index in [0.717, 1.165) is 4.90 Å². The number of carbonyl (C=O) groups is 3. The number of amides is 3. The molecule has 1 atom stereocenters. The maximum absolute atomic E-state index is 12.2. The van der Waals surface area contributed by atoms with Gasteiger partial charge in [0.2, 0.25) is 11.8 Å². The number of imide groups is 1. The fourth-order valence-corrected chi connectivity index (χ4v) is 1.82. The lowest BCUT2D eigenvalue weighted by atomic mass is 10.1. The predicted molar refractivity (Wildman–Crippen MR) is 63.4 cm³/mol. The molecule has 19 heavy (non-hydrogen) atoms. The number of piperazine rings is 1. The fourth-order valence-electron chi connectivity index (χ4n) is 1.82. The van der Waals surface area contributed by atoms with Crippen LogP contribution in [0.1, 0.15) is 17.3 Å². The molecule has 0 saturated carbocycles. The Balaban J connectivity index is 2.35. The summed E-state index contributed by atoms with van der Waals surface area (Å²) >= 11 is 0. The zero-order chi connectivity index (χ0) is 14.2. The highest BCUT2D eigenvalue weighted by Crippen LogP contribution is 2.29. The average Bonchev–Trinajstić information content (AvgIpc) is 2.36. The Morgan fingerprint density at radius 3 is 2.74 bits per heavy atom. The van der Waals surface area contributed by atoms with E-state index in [0.29, 0.717) is 0 Å². The van der Waals surface area contributed by atoms with E-state index >= 15 is 0 Å². The van der Waals surface area contributed by atoms with Crippen LogP contribution in [0.25, 0.3) is 0 Å². The van der Waals surface area contributed by atoms with Gasteiger partial charge in [0, 0.05) is 0 Å². The largest absolute Gasteiger partial charge is 0.504 e. The molecule has 3 N–H and O–H groups in total. The summed E-state index contributed by atoms with van der Waals surface area (Å²) in [7, 11) is 0. The minimum Gasteiger partial charge on any atom is -0.504 e. The first-order valence-corrected chi connectivity index (χ1v) is 5.57. The molecule has 1 aliphatic rings. The third-order valence-corrected chi connectivity index (χ3v) is 2.93.